The minimum absolute atomic E-state index is 0.0492. The van der Waals surface area contributed by atoms with Gasteiger partial charge in [-0.05, 0) is 61.7 Å². The summed E-state index contributed by atoms with van der Waals surface area (Å²) < 4.78 is 0. The Morgan fingerprint density at radius 1 is 1.00 bits per heavy atom. The molecule has 1 unspecified atom stereocenters. The van der Waals surface area contributed by atoms with E-state index in [-0.39, 0.29) is 23.8 Å². The molecule has 0 radical (unpaired) electrons. The van der Waals surface area contributed by atoms with E-state index in [0.717, 1.165) is 22.2 Å². The number of aromatic nitrogens is 1. The molecule has 6 heteroatoms. The molecule has 2 N–H and O–H groups in total. The second-order valence-corrected chi connectivity index (χ2v) is 7.74. The number of pyridine rings is 1. The van der Waals surface area contributed by atoms with Crippen LogP contribution >= 0.6 is 0 Å². The lowest BCUT2D eigenvalue weighted by Gasteiger charge is -2.18. The van der Waals surface area contributed by atoms with Crippen molar-refractivity contribution in [3.63, 3.8) is 0 Å². The number of H-pyrrole nitrogens is 1. The fourth-order valence-corrected chi connectivity index (χ4v) is 3.78. The van der Waals surface area contributed by atoms with Gasteiger partial charge in [-0.15, -0.1) is 0 Å². The number of amides is 2. The third kappa shape index (κ3) is 3.66. The average Bonchev–Trinajstić information content (AvgIpc) is 3.05. The number of fused-ring (bicyclic) bond motifs is 1. The van der Waals surface area contributed by atoms with Crippen molar-refractivity contribution in [3.05, 3.63) is 69.5 Å². The minimum atomic E-state index is -0.420. The molecule has 29 heavy (non-hydrogen) atoms. The summed E-state index contributed by atoms with van der Waals surface area (Å²) in [5.41, 5.74) is 5.08. The minimum Gasteiger partial charge on any atom is -0.326 e. The van der Waals surface area contributed by atoms with Crippen molar-refractivity contribution in [1.29, 1.82) is 0 Å². The first-order valence-electron chi connectivity index (χ1n) is 9.64. The van der Waals surface area contributed by atoms with Crippen LogP contribution in [0, 0.1) is 26.7 Å². The third-order valence-electron chi connectivity index (χ3n) is 5.62. The maximum absolute atomic E-state index is 12.8. The van der Waals surface area contributed by atoms with Gasteiger partial charge in [-0.3, -0.25) is 14.4 Å². The maximum atomic E-state index is 12.8. The molecule has 0 spiro atoms. The molecule has 6 nitrogen and oxygen atoms in total. The van der Waals surface area contributed by atoms with Crippen molar-refractivity contribution in [2.45, 2.75) is 27.2 Å². The summed E-state index contributed by atoms with van der Waals surface area (Å²) in [6.45, 7) is 6.27. The van der Waals surface area contributed by atoms with Crippen molar-refractivity contribution in [3.8, 4) is 0 Å². The molecular formula is C23H23N3O3. The van der Waals surface area contributed by atoms with E-state index in [9.17, 15) is 14.4 Å². The number of benzene rings is 2. The predicted octanol–water partition coefficient (Wildman–Crippen LogP) is 3.44. The van der Waals surface area contributed by atoms with Crippen LogP contribution in [0.3, 0.4) is 0 Å². The van der Waals surface area contributed by atoms with E-state index >= 15 is 0 Å². The Labute approximate surface area is 168 Å². The fraction of sp³-hybridized carbons (Fsp3) is 0.261. The molecule has 0 saturated carbocycles. The second-order valence-electron chi connectivity index (χ2n) is 7.74. The zero-order chi connectivity index (χ0) is 20.7. The van der Waals surface area contributed by atoms with Gasteiger partial charge in [-0.1, -0.05) is 12.1 Å². The van der Waals surface area contributed by atoms with Gasteiger partial charge in [0.15, 0.2) is 0 Å². The standard InChI is InChI=1S/C23H23N3O3/c1-13-4-6-18(8-14(13)2)26-12-16(10-22(26)28)23(29)24-17-5-7-19-15(3)9-21(27)25-20(19)11-17/h4-9,11,16H,10,12H2,1-3H3,(H,24,29)(H,25,27). The van der Waals surface area contributed by atoms with Gasteiger partial charge in [0.1, 0.15) is 0 Å². The first kappa shape index (κ1) is 18.9. The van der Waals surface area contributed by atoms with Crippen LogP contribution in [0.25, 0.3) is 10.9 Å². The number of aromatic amines is 1. The summed E-state index contributed by atoms with van der Waals surface area (Å²) in [4.78, 5) is 41.4. The fourth-order valence-electron chi connectivity index (χ4n) is 3.78. The van der Waals surface area contributed by atoms with Crippen LogP contribution in [-0.2, 0) is 9.59 Å². The Balaban J connectivity index is 1.52. The Bertz CT molecular complexity index is 1200. The van der Waals surface area contributed by atoms with E-state index in [1.165, 1.54) is 5.56 Å². The average molecular weight is 389 g/mol. The van der Waals surface area contributed by atoms with E-state index in [2.05, 4.69) is 10.3 Å². The second kappa shape index (κ2) is 7.20. The van der Waals surface area contributed by atoms with Crippen LogP contribution in [0.1, 0.15) is 23.1 Å². The van der Waals surface area contributed by atoms with Gasteiger partial charge in [-0.25, -0.2) is 0 Å². The molecule has 2 aromatic carbocycles. The molecule has 0 bridgehead atoms. The predicted molar refractivity (Wildman–Crippen MR) is 114 cm³/mol. The van der Waals surface area contributed by atoms with Gasteiger partial charge in [0.25, 0.3) is 0 Å². The number of anilines is 2. The van der Waals surface area contributed by atoms with E-state index in [1.807, 2.05) is 51.1 Å². The first-order chi connectivity index (χ1) is 13.8. The summed E-state index contributed by atoms with van der Waals surface area (Å²) in [5.74, 6) is -0.665. The van der Waals surface area contributed by atoms with Crippen LogP contribution in [0.15, 0.2) is 47.3 Å². The summed E-state index contributed by atoms with van der Waals surface area (Å²) in [7, 11) is 0. The molecule has 1 atom stereocenters. The van der Waals surface area contributed by atoms with Crippen LogP contribution in [0.5, 0.6) is 0 Å². The number of rotatable bonds is 3. The van der Waals surface area contributed by atoms with E-state index in [4.69, 9.17) is 0 Å². The van der Waals surface area contributed by atoms with Crippen LogP contribution in [0.2, 0.25) is 0 Å². The Kier molecular flexibility index (Phi) is 4.70. The number of carbonyl (C=O) groups excluding carboxylic acids is 2. The molecule has 4 rings (SSSR count). The van der Waals surface area contributed by atoms with Crippen molar-refractivity contribution >= 4 is 34.1 Å². The highest BCUT2D eigenvalue weighted by atomic mass is 16.2. The van der Waals surface area contributed by atoms with Gasteiger partial charge in [0.2, 0.25) is 17.4 Å². The Morgan fingerprint density at radius 2 is 1.79 bits per heavy atom. The number of carbonyl (C=O) groups is 2. The molecular weight excluding hydrogens is 366 g/mol. The zero-order valence-corrected chi connectivity index (χ0v) is 16.7. The molecule has 0 aliphatic carbocycles. The Morgan fingerprint density at radius 3 is 2.55 bits per heavy atom. The topological polar surface area (TPSA) is 82.3 Å². The largest absolute Gasteiger partial charge is 0.326 e. The molecule has 2 heterocycles. The molecule has 2 amide bonds. The lowest BCUT2D eigenvalue weighted by atomic mass is 10.1. The van der Waals surface area contributed by atoms with Crippen LogP contribution in [-0.4, -0.2) is 23.3 Å². The summed E-state index contributed by atoms with van der Waals surface area (Å²) in [6.07, 6.45) is 0.183. The quantitative estimate of drug-likeness (QED) is 0.720. The van der Waals surface area contributed by atoms with E-state index in [0.29, 0.717) is 17.7 Å². The SMILES string of the molecule is Cc1ccc(N2CC(C(=O)Nc3ccc4c(C)cc(=O)[nH]c4c3)CC2=O)cc1C. The van der Waals surface area contributed by atoms with E-state index in [1.54, 1.807) is 17.0 Å². The lowest BCUT2D eigenvalue weighted by Crippen LogP contribution is -2.28. The van der Waals surface area contributed by atoms with Crippen LogP contribution in [0.4, 0.5) is 11.4 Å². The zero-order valence-electron chi connectivity index (χ0n) is 16.7. The molecule has 1 aromatic heterocycles. The highest BCUT2D eigenvalue weighted by molar-refractivity contribution is 6.04. The van der Waals surface area contributed by atoms with Gasteiger partial charge in [0.05, 0.1) is 11.4 Å². The summed E-state index contributed by atoms with van der Waals surface area (Å²) in [6, 6.07) is 12.9. The molecule has 1 saturated heterocycles. The maximum Gasteiger partial charge on any atom is 0.248 e. The summed E-state index contributed by atoms with van der Waals surface area (Å²) in [5, 5.41) is 3.82. The van der Waals surface area contributed by atoms with Crippen molar-refractivity contribution in [2.24, 2.45) is 5.92 Å². The number of nitrogens with one attached hydrogen (secondary N) is 2. The number of hydrogen-bond acceptors (Lipinski definition) is 3. The third-order valence-corrected chi connectivity index (χ3v) is 5.62. The lowest BCUT2D eigenvalue weighted by molar-refractivity contribution is -0.122. The van der Waals surface area contributed by atoms with E-state index < -0.39 is 5.92 Å². The van der Waals surface area contributed by atoms with Gasteiger partial charge >= 0.3 is 0 Å². The van der Waals surface area contributed by atoms with Crippen molar-refractivity contribution in [2.75, 3.05) is 16.8 Å². The molecule has 1 aliphatic rings. The first-order valence-corrected chi connectivity index (χ1v) is 9.64. The smallest absolute Gasteiger partial charge is 0.248 e. The molecule has 1 aliphatic heterocycles. The number of nitrogens with zero attached hydrogens (tertiary/aromatic N) is 1. The summed E-state index contributed by atoms with van der Waals surface area (Å²) >= 11 is 0. The van der Waals surface area contributed by atoms with Gasteiger partial charge in [-0.2, -0.15) is 0 Å². The molecule has 3 aromatic rings. The van der Waals surface area contributed by atoms with Gasteiger partial charge < -0.3 is 15.2 Å². The van der Waals surface area contributed by atoms with Crippen molar-refractivity contribution < 1.29 is 9.59 Å². The molecule has 148 valence electrons. The highest BCUT2D eigenvalue weighted by Crippen LogP contribution is 2.28. The van der Waals surface area contributed by atoms with Gasteiger partial charge in [0, 0.05) is 35.8 Å². The monoisotopic (exact) mass is 389 g/mol. The highest BCUT2D eigenvalue weighted by Gasteiger charge is 2.35. The Hall–Kier alpha value is -3.41. The normalized spacial score (nSPS) is 16.4. The number of hydrogen-bond donors (Lipinski definition) is 2. The van der Waals surface area contributed by atoms with Crippen LogP contribution < -0.4 is 15.8 Å². The molecule has 1 fully saturated rings. The van der Waals surface area contributed by atoms with Crippen molar-refractivity contribution in [1.82, 2.24) is 4.98 Å². The number of aryl methyl sites for hydroxylation is 3.